The van der Waals surface area contributed by atoms with Crippen LogP contribution in [-0.4, -0.2) is 41.2 Å². The van der Waals surface area contributed by atoms with Crippen LogP contribution in [0, 0.1) is 6.92 Å². The van der Waals surface area contributed by atoms with Crippen LogP contribution in [0.1, 0.15) is 27.0 Å². The summed E-state index contributed by atoms with van der Waals surface area (Å²) in [5.41, 5.74) is -5.61. The molecule has 11 heteroatoms. The Bertz CT molecular complexity index is 1190. The molecule has 0 aliphatic heterocycles. The Morgan fingerprint density at radius 1 is 0.892 bits per heavy atom. The maximum atomic E-state index is 13.3. The third kappa shape index (κ3) is 6.34. The Morgan fingerprint density at radius 2 is 1.49 bits per heavy atom. The minimum Gasteiger partial charge on any atom is -0.490 e. The molecule has 0 fully saturated rings. The summed E-state index contributed by atoms with van der Waals surface area (Å²) < 4.78 is 91.1. The summed E-state index contributed by atoms with van der Waals surface area (Å²) in [6.07, 6.45) is -12.4. The number of alkyl halides is 6. The highest BCUT2D eigenvalue weighted by atomic mass is 19.4. The lowest BCUT2D eigenvalue weighted by atomic mass is 9.91. The average Bonchev–Trinajstić information content (AvgIpc) is 2.82. The number of carboxylic acids is 1. The van der Waals surface area contributed by atoms with Crippen molar-refractivity contribution in [1.29, 1.82) is 0 Å². The monoisotopic (exact) mass is 528 g/mol. The molecule has 198 valence electrons. The lowest BCUT2D eigenvalue weighted by molar-refractivity contribution is -0.376. The van der Waals surface area contributed by atoms with Crippen molar-refractivity contribution in [3.05, 3.63) is 95.1 Å². The van der Waals surface area contributed by atoms with Gasteiger partial charge in [0.15, 0.2) is 0 Å². The average molecular weight is 528 g/mol. The van der Waals surface area contributed by atoms with Crippen LogP contribution in [0.3, 0.4) is 0 Å². The number of carboxylic acid groups (broad SMARTS) is 1. The number of hydrogen-bond acceptors (Lipinski definition) is 4. The molecule has 3 aromatic carbocycles. The number of rotatable bonds is 9. The Labute approximate surface area is 207 Å². The van der Waals surface area contributed by atoms with E-state index in [1.165, 1.54) is 31.2 Å². The molecule has 5 nitrogen and oxygen atoms in total. The summed E-state index contributed by atoms with van der Waals surface area (Å²) in [7, 11) is 0. The molecule has 0 spiro atoms. The molecule has 0 bridgehead atoms. The number of hydrogen-bond donors (Lipinski definition) is 2. The summed E-state index contributed by atoms with van der Waals surface area (Å²) in [5.74, 6) is -0.779. The lowest BCUT2D eigenvalue weighted by Gasteiger charge is -2.33. The Balaban J connectivity index is 1.85. The van der Waals surface area contributed by atoms with Crippen LogP contribution in [0.25, 0.3) is 0 Å². The highest BCUT2D eigenvalue weighted by molar-refractivity contribution is 5.87. The first-order valence-corrected chi connectivity index (χ1v) is 10.9. The maximum Gasteiger partial charge on any atom is 0.430 e. The van der Waals surface area contributed by atoms with Crippen LogP contribution in [0.4, 0.5) is 26.3 Å². The van der Waals surface area contributed by atoms with Gasteiger partial charge in [0.25, 0.3) is 5.60 Å². The number of aromatic carboxylic acids is 1. The van der Waals surface area contributed by atoms with Crippen molar-refractivity contribution in [3.8, 4) is 11.5 Å². The summed E-state index contributed by atoms with van der Waals surface area (Å²) in [5, 5.41) is 18.7. The van der Waals surface area contributed by atoms with Gasteiger partial charge in [-0.05, 0) is 54.4 Å². The standard InChI is InChI=1S/C26H22F6O5/c1-16-13-19(24(35,25(27,28)29)26(30,31)32)9-12-22(16)37-21(14-17-5-3-2-4-6-17)15-36-20-10-7-18(8-11-20)23(33)34/h2-13,21,35H,14-15H2,1H3,(H,33,34)/t21-/m0/s1. The zero-order valence-corrected chi connectivity index (χ0v) is 19.3. The van der Waals surface area contributed by atoms with Gasteiger partial charge in [-0.15, -0.1) is 0 Å². The maximum absolute atomic E-state index is 13.3. The van der Waals surface area contributed by atoms with E-state index in [9.17, 15) is 36.2 Å². The molecule has 0 saturated heterocycles. The van der Waals surface area contributed by atoms with E-state index >= 15 is 0 Å². The molecule has 2 N–H and O–H groups in total. The Morgan fingerprint density at radius 3 is 2.00 bits per heavy atom. The van der Waals surface area contributed by atoms with Gasteiger partial charge < -0.3 is 19.7 Å². The van der Waals surface area contributed by atoms with Crippen LogP contribution in [0.15, 0.2) is 72.8 Å². The van der Waals surface area contributed by atoms with Gasteiger partial charge in [0, 0.05) is 12.0 Å². The molecule has 0 heterocycles. The van der Waals surface area contributed by atoms with Crippen molar-refractivity contribution >= 4 is 5.97 Å². The van der Waals surface area contributed by atoms with E-state index in [1.54, 1.807) is 30.3 Å². The molecule has 3 rings (SSSR count). The van der Waals surface area contributed by atoms with Crippen molar-refractivity contribution in [1.82, 2.24) is 0 Å². The summed E-state index contributed by atoms with van der Waals surface area (Å²) in [4.78, 5) is 11.0. The topological polar surface area (TPSA) is 76.0 Å². The molecule has 0 radical (unpaired) electrons. The van der Waals surface area contributed by atoms with Crippen molar-refractivity contribution in [2.24, 2.45) is 0 Å². The predicted octanol–water partition coefficient (Wildman–Crippen LogP) is 6.07. The van der Waals surface area contributed by atoms with E-state index < -0.39 is 35.6 Å². The molecule has 0 amide bonds. The van der Waals surface area contributed by atoms with Gasteiger partial charge in [-0.2, -0.15) is 26.3 Å². The van der Waals surface area contributed by atoms with E-state index in [0.29, 0.717) is 17.9 Å². The van der Waals surface area contributed by atoms with Gasteiger partial charge in [-0.1, -0.05) is 36.4 Å². The second-order valence-corrected chi connectivity index (χ2v) is 8.26. The lowest BCUT2D eigenvalue weighted by Crippen LogP contribution is -2.53. The number of ether oxygens (including phenoxy) is 2. The first-order valence-electron chi connectivity index (χ1n) is 10.9. The number of aliphatic hydroxyl groups is 1. The molecule has 0 saturated carbocycles. The Kier molecular flexibility index (Phi) is 8.06. The molecule has 3 aromatic rings. The van der Waals surface area contributed by atoms with Gasteiger partial charge in [0.2, 0.25) is 0 Å². The van der Waals surface area contributed by atoms with E-state index in [-0.39, 0.29) is 29.9 Å². The van der Waals surface area contributed by atoms with Gasteiger partial charge in [0.05, 0.1) is 5.56 Å². The summed E-state index contributed by atoms with van der Waals surface area (Å²) in [6.45, 7) is 1.19. The second kappa shape index (κ2) is 10.7. The number of aryl methyl sites for hydroxylation is 1. The number of halogens is 6. The van der Waals surface area contributed by atoms with Crippen LogP contribution in [0.5, 0.6) is 11.5 Å². The number of benzene rings is 3. The normalized spacial score (nSPS) is 13.2. The molecular weight excluding hydrogens is 506 g/mol. The van der Waals surface area contributed by atoms with Gasteiger partial charge in [0.1, 0.15) is 24.2 Å². The minimum atomic E-state index is -6.00. The molecular formula is C26H22F6O5. The molecule has 0 unspecified atom stereocenters. The van der Waals surface area contributed by atoms with Gasteiger partial charge in [-0.25, -0.2) is 4.79 Å². The van der Waals surface area contributed by atoms with Crippen LogP contribution in [-0.2, 0) is 12.0 Å². The predicted molar refractivity (Wildman–Crippen MR) is 121 cm³/mol. The second-order valence-electron chi connectivity index (χ2n) is 8.26. The highest BCUT2D eigenvalue weighted by Gasteiger charge is 2.71. The molecule has 37 heavy (non-hydrogen) atoms. The summed E-state index contributed by atoms with van der Waals surface area (Å²) >= 11 is 0. The highest BCUT2D eigenvalue weighted by Crippen LogP contribution is 2.50. The van der Waals surface area contributed by atoms with E-state index in [1.807, 2.05) is 0 Å². The quantitative estimate of drug-likeness (QED) is 0.330. The smallest absolute Gasteiger partial charge is 0.430 e. The molecule has 1 atom stereocenters. The zero-order valence-electron chi connectivity index (χ0n) is 19.3. The van der Waals surface area contributed by atoms with Crippen LogP contribution < -0.4 is 9.47 Å². The van der Waals surface area contributed by atoms with Crippen molar-refractivity contribution in [2.75, 3.05) is 6.61 Å². The van der Waals surface area contributed by atoms with Crippen LogP contribution in [0.2, 0.25) is 0 Å². The first-order chi connectivity index (χ1) is 17.2. The third-order valence-corrected chi connectivity index (χ3v) is 5.55. The number of carbonyl (C=O) groups is 1. The van der Waals surface area contributed by atoms with Crippen molar-refractivity contribution in [3.63, 3.8) is 0 Å². The zero-order chi connectivity index (χ0) is 27.4. The fourth-order valence-electron chi connectivity index (χ4n) is 3.57. The molecule has 0 aliphatic rings. The van der Waals surface area contributed by atoms with Gasteiger partial charge in [-0.3, -0.25) is 0 Å². The minimum absolute atomic E-state index is 0.00112. The first kappa shape index (κ1) is 27.9. The largest absolute Gasteiger partial charge is 0.490 e. The fraction of sp³-hybridized carbons (Fsp3) is 0.269. The summed E-state index contributed by atoms with van der Waals surface area (Å²) in [6, 6.07) is 16.6. The Hall–Kier alpha value is -3.73. The fourth-order valence-corrected chi connectivity index (χ4v) is 3.57. The van der Waals surface area contributed by atoms with E-state index in [0.717, 1.165) is 11.6 Å². The van der Waals surface area contributed by atoms with E-state index in [2.05, 4.69) is 0 Å². The SMILES string of the molecule is Cc1cc(C(O)(C(F)(F)F)C(F)(F)F)ccc1O[C@H](COc1ccc(C(=O)O)cc1)Cc1ccccc1. The van der Waals surface area contributed by atoms with Crippen molar-refractivity contribution < 1.29 is 50.8 Å². The van der Waals surface area contributed by atoms with Crippen LogP contribution >= 0.6 is 0 Å². The van der Waals surface area contributed by atoms with Crippen molar-refractivity contribution in [2.45, 2.75) is 37.4 Å². The third-order valence-electron chi connectivity index (χ3n) is 5.55. The van der Waals surface area contributed by atoms with E-state index in [4.69, 9.17) is 14.6 Å². The van der Waals surface area contributed by atoms with Gasteiger partial charge >= 0.3 is 18.3 Å². The molecule has 0 aromatic heterocycles. The molecule has 0 aliphatic carbocycles.